The molecule has 0 saturated heterocycles. The molecule has 1 aromatic rings. The zero-order chi connectivity index (χ0) is 12.3. The van der Waals surface area contributed by atoms with Gasteiger partial charge in [-0.05, 0) is 17.7 Å². The van der Waals surface area contributed by atoms with E-state index in [4.69, 9.17) is 9.79 Å². The number of hydrogen-bond donors (Lipinski definition) is 2. The van der Waals surface area contributed by atoms with Crippen molar-refractivity contribution in [3.8, 4) is 0 Å². The van der Waals surface area contributed by atoms with Crippen LogP contribution in [0.3, 0.4) is 0 Å². The van der Waals surface area contributed by atoms with Gasteiger partial charge in [0.2, 0.25) is 0 Å². The maximum atomic E-state index is 11.0. The molecule has 0 spiro atoms. The maximum absolute atomic E-state index is 11.0. The molecule has 17 heavy (non-hydrogen) atoms. The fraction of sp³-hybridized carbons (Fsp3) is 0.0769. The Morgan fingerprint density at radius 3 is 2.18 bits per heavy atom. The minimum atomic E-state index is -4.12. The normalized spacial score (nSPS) is 16.1. The zero-order valence-electron chi connectivity index (χ0n) is 9.10. The number of benzene rings is 1. The van der Waals surface area contributed by atoms with Gasteiger partial charge in [-0.3, -0.25) is 4.57 Å². The Hall–Kier alpha value is -1.41. The minimum Gasteiger partial charge on any atom is -0.321 e. The molecule has 0 amide bonds. The molecule has 0 unspecified atom stereocenters. The molecule has 2 rings (SSSR count). The van der Waals surface area contributed by atoms with Gasteiger partial charge < -0.3 is 9.79 Å². The van der Waals surface area contributed by atoms with E-state index in [1.165, 1.54) is 12.1 Å². The third kappa shape index (κ3) is 3.27. The van der Waals surface area contributed by atoms with Crippen LogP contribution in [0.4, 0.5) is 0 Å². The van der Waals surface area contributed by atoms with Gasteiger partial charge in [0.25, 0.3) is 0 Å². The molecule has 1 aromatic carbocycles. The lowest BCUT2D eigenvalue weighted by Gasteiger charge is -2.03. The van der Waals surface area contributed by atoms with E-state index < -0.39 is 7.60 Å². The first-order valence-corrected chi connectivity index (χ1v) is 6.86. The van der Waals surface area contributed by atoms with Gasteiger partial charge in [0.05, 0.1) is 5.30 Å². The minimum absolute atomic E-state index is 0.0512. The van der Waals surface area contributed by atoms with Gasteiger partial charge in [0.1, 0.15) is 0 Å². The first-order chi connectivity index (χ1) is 8.05. The summed E-state index contributed by atoms with van der Waals surface area (Å²) in [4.78, 5) is 17.9. The number of rotatable bonds is 3. The van der Waals surface area contributed by atoms with Crippen molar-refractivity contribution in [1.82, 2.24) is 0 Å². The summed E-state index contributed by atoms with van der Waals surface area (Å²) >= 11 is 0. The monoisotopic (exact) mass is 248 g/mol. The van der Waals surface area contributed by atoms with Crippen LogP contribution >= 0.6 is 7.60 Å². The van der Waals surface area contributed by atoms with Gasteiger partial charge in [-0.25, -0.2) is 0 Å². The van der Waals surface area contributed by atoms with Gasteiger partial charge >= 0.3 is 7.60 Å². The average Bonchev–Trinajstić information content (AvgIpc) is 2.78. The highest BCUT2D eigenvalue weighted by atomic mass is 31.2. The second-order valence-corrected chi connectivity index (χ2v) is 5.45. The largest absolute Gasteiger partial charge is 0.356 e. The molecule has 0 atom stereocenters. The van der Waals surface area contributed by atoms with Crippen LogP contribution in [0.25, 0.3) is 6.08 Å². The van der Waals surface area contributed by atoms with Gasteiger partial charge in [-0.15, -0.1) is 0 Å². The lowest BCUT2D eigenvalue weighted by Crippen LogP contribution is -2.02. The molecule has 0 heterocycles. The quantitative estimate of drug-likeness (QED) is 0.806. The molecule has 0 bridgehead atoms. The summed E-state index contributed by atoms with van der Waals surface area (Å²) in [7, 11) is -4.12. The highest BCUT2D eigenvalue weighted by Crippen LogP contribution is 2.32. The van der Waals surface area contributed by atoms with Crippen molar-refractivity contribution in [3.05, 3.63) is 60.2 Å². The summed E-state index contributed by atoms with van der Waals surface area (Å²) in [6.45, 7) is 0. The summed E-state index contributed by atoms with van der Waals surface area (Å²) in [5.74, 6) is 0.316. The lowest BCUT2D eigenvalue weighted by molar-refractivity contribution is 0.387. The van der Waals surface area contributed by atoms with E-state index in [1.807, 2.05) is 24.3 Å². The standard InChI is InChI=1S/C13H13O3P/c14-17(15,16)13-9-7-12(8-10-13)6-5-11-3-1-2-4-11/h1-11H,(H2,14,15,16)/b6-5+. The zero-order valence-corrected chi connectivity index (χ0v) is 10.00. The molecular weight excluding hydrogens is 235 g/mol. The van der Waals surface area contributed by atoms with Gasteiger partial charge in [-0.1, -0.05) is 48.6 Å². The van der Waals surface area contributed by atoms with E-state index in [9.17, 15) is 4.57 Å². The highest BCUT2D eigenvalue weighted by Gasteiger charge is 2.15. The van der Waals surface area contributed by atoms with Crippen LogP contribution in [0.5, 0.6) is 0 Å². The predicted octanol–water partition coefficient (Wildman–Crippen LogP) is 2.25. The van der Waals surface area contributed by atoms with Gasteiger partial charge in [0, 0.05) is 5.92 Å². The number of hydrogen-bond acceptors (Lipinski definition) is 1. The molecule has 2 N–H and O–H groups in total. The molecule has 4 heteroatoms. The predicted molar refractivity (Wildman–Crippen MR) is 68.9 cm³/mol. The van der Waals surface area contributed by atoms with Crippen LogP contribution in [-0.2, 0) is 4.57 Å². The molecule has 0 fully saturated rings. The van der Waals surface area contributed by atoms with E-state index in [-0.39, 0.29) is 5.30 Å². The molecule has 3 nitrogen and oxygen atoms in total. The average molecular weight is 248 g/mol. The highest BCUT2D eigenvalue weighted by molar-refractivity contribution is 7.60. The Morgan fingerprint density at radius 1 is 1.06 bits per heavy atom. The molecule has 1 aliphatic rings. The molecule has 0 saturated carbocycles. The second-order valence-electron chi connectivity index (χ2n) is 3.84. The van der Waals surface area contributed by atoms with E-state index in [1.54, 1.807) is 12.1 Å². The van der Waals surface area contributed by atoms with Crippen LogP contribution in [0.1, 0.15) is 5.56 Å². The van der Waals surface area contributed by atoms with Crippen LogP contribution in [0, 0.1) is 5.92 Å². The summed E-state index contributed by atoms with van der Waals surface area (Å²) in [6.07, 6.45) is 12.1. The van der Waals surface area contributed by atoms with E-state index in [2.05, 4.69) is 12.2 Å². The smallest absolute Gasteiger partial charge is 0.321 e. The summed E-state index contributed by atoms with van der Waals surface area (Å²) in [6, 6.07) is 6.32. The van der Waals surface area contributed by atoms with Crippen molar-refractivity contribution >= 4 is 19.0 Å². The molecule has 0 aromatic heterocycles. The van der Waals surface area contributed by atoms with Crippen molar-refractivity contribution < 1.29 is 14.4 Å². The Bertz CT molecular complexity index is 508. The maximum Gasteiger partial charge on any atom is 0.356 e. The Morgan fingerprint density at radius 2 is 1.65 bits per heavy atom. The fourth-order valence-electron chi connectivity index (χ4n) is 1.58. The van der Waals surface area contributed by atoms with Crippen molar-refractivity contribution in [2.45, 2.75) is 0 Å². The molecule has 88 valence electrons. The fourth-order valence-corrected chi connectivity index (χ4v) is 2.12. The Kier molecular flexibility index (Phi) is 3.43. The van der Waals surface area contributed by atoms with Gasteiger partial charge in [-0.2, -0.15) is 0 Å². The second kappa shape index (κ2) is 4.84. The molecule has 0 radical (unpaired) electrons. The van der Waals surface area contributed by atoms with E-state index >= 15 is 0 Å². The van der Waals surface area contributed by atoms with Crippen molar-refractivity contribution in [1.29, 1.82) is 0 Å². The summed E-state index contributed by atoms with van der Waals surface area (Å²) in [5, 5.41) is 0.0512. The van der Waals surface area contributed by atoms with E-state index in [0.717, 1.165) is 5.56 Å². The van der Waals surface area contributed by atoms with Crippen molar-refractivity contribution in [2.24, 2.45) is 5.92 Å². The van der Waals surface area contributed by atoms with Crippen LogP contribution < -0.4 is 5.30 Å². The Labute approximate surface area is 100.0 Å². The summed E-state index contributed by atoms with van der Waals surface area (Å²) < 4.78 is 11.0. The summed E-state index contributed by atoms with van der Waals surface area (Å²) in [5.41, 5.74) is 0.927. The number of allylic oxidation sites excluding steroid dienone is 5. The van der Waals surface area contributed by atoms with Crippen LogP contribution in [-0.4, -0.2) is 9.79 Å². The lowest BCUT2D eigenvalue weighted by atomic mass is 10.1. The first kappa shape index (κ1) is 12.1. The van der Waals surface area contributed by atoms with E-state index in [0.29, 0.717) is 5.92 Å². The van der Waals surface area contributed by atoms with Crippen molar-refractivity contribution in [3.63, 3.8) is 0 Å². The molecular formula is C13H13O3P. The van der Waals surface area contributed by atoms with Crippen LogP contribution in [0.15, 0.2) is 54.6 Å². The SMILES string of the molecule is O=P(O)(O)c1ccc(/C=C/C2C=CC=C2)cc1. The third-order valence-corrected chi connectivity index (χ3v) is 3.49. The Balaban J connectivity index is 2.11. The molecule has 0 aliphatic heterocycles. The van der Waals surface area contributed by atoms with Crippen molar-refractivity contribution in [2.75, 3.05) is 0 Å². The third-order valence-electron chi connectivity index (χ3n) is 2.52. The topological polar surface area (TPSA) is 57.5 Å². The van der Waals surface area contributed by atoms with Crippen LogP contribution in [0.2, 0.25) is 0 Å². The molecule has 1 aliphatic carbocycles. The van der Waals surface area contributed by atoms with Gasteiger partial charge in [0.15, 0.2) is 0 Å². The first-order valence-electron chi connectivity index (χ1n) is 5.25.